The molecule has 0 aliphatic heterocycles. The highest BCUT2D eigenvalue weighted by molar-refractivity contribution is 9.10. The van der Waals surface area contributed by atoms with Crippen molar-refractivity contribution in [3.63, 3.8) is 0 Å². The molecule has 0 aliphatic rings. The van der Waals surface area contributed by atoms with E-state index >= 15 is 0 Å². The Balaban J connectivity index is 2.58. The van der Waals surface area contributed by atoms with Gasteiger partial charge in [0.25, 0.3) is 0 Å². The van der Waals surface area contributed by atoms with Crippen molar-refractivity contribution in [1.82, 2.24) is 4.57 Å². The Bertz CT molecular complexity index is 490. The maximum absolute atomic E-state index is 10.6. The van der Waals surface area contributed by atoms with Crippen LogP contribution in [0, 0.1) is 0 Å². The lowest BCUT2D eigenvalue weighted by atomic mass is 10.2. The van der Waals surface area contributed by atoms with Crippen LogP contribution in [-0.2, 0) is 11.3 Å². The zero-order chi connectivity index (χ0) is 10.1. The minimum Gasteiger partial charge on any atom is -0.480 e. The number of rotatable bonds is 2. The Hall–Kier alpha value is -1.29. The topological polar surface area (TPSA) is 42.2 Å². The summed E-state index contributed by atoms with van der Waals surface area (Å²) < 4.78 is 2.70. The first-order valence-electron chi connectivity index (χ1n) is 4.13. The van der Waals surface area contributed by atoms with E-state index in [1.807, 2.05) is 24.3 Å². The molecule has 0 bridgehead atoms. The van der Waals surface area contributed by atoms with E-state index in [9.17, 15) is 4.79 Å². The summed E-state index contributed by atoms with van der Waals surface area (Å²) in [4.78, 5) is 10.6. The second kappa shape index (κ2) is 3.46. The number of carboxylic acid groups (broad SMARTS) is 1. The minimum atomic E-state index is -0.831. The van der Waals surface area contributed by atoms with E-state index in [0.717, 1.165) is 15.4 Å². The lowest BCUT2D eigenvalue weighted by molar-refractivity contribution is -0.137. The van der Waals surface area contributed by atoms with Gasteiger partial charge in [-0.15, -0.1) is 0 Å². The van der Waals surface area contributed by atoms with Gasteiger partial charge in [-0.3, -0.25) is 4.79 Å². The quantitative estimate of drug-likeness (QED) is 0.894. The van der Waals surface area contributed by atoms with E-state index in [-0.39, 0.29) is 6.54 Å². The molecule has 0 fully saturated rings. The molecule has 2 aromatic rings. The minimum absolute atomic E-state index is 0.0000463. The smallest absolute Gasteiger partial charge is 0.323 e. The fourth-order valence-electron chi connectivity index (χ4n) is 1.47. The Kier molecular flexibility index (Phi) is 2.29. The van der Waals surface area contributed by atoms with Crippen LogP contribution < -0.4 is 0 Å². The fraction of sp³-hybridized carbons (Fsp3) is 0.100. The highest BCUT2D eigenvalue weighted by Crippen LogP contribution is 2.24. The third kappa shape index (κ3) is 1.53. The first kappa shape index (κ1) is 9.27. The second-order valence-electron chi connectivity index (χ2n) is 3.01. The van der Waals surface area contributed by atoms with Gasteiger partial charge in [-0.2, -0.15) is 0 Å². The predicted octanol–water partition coefficient (Wildman–Crippen LogP) is 2.49. The van der Waals surface area contributed by atoms with Crippen LogP contribution in [0.4, 0.5) is 0 Å². The van der Waals surface area contributed by atoms with Crippen molar-refractivity contribution in [3.05, 3.63) is 34.9 Å². The summed E-state index contributed by atoms with van der Waals surface area (Å²) in [6, 6.07) is 7.64. The van der Waals surface area contributed by atoms with Crippen LogP contribution in [0.2, 0.25) is 0 Å². The molecule has 0 radical (unpaired) electrons. The summed E-state index contributed by atoms with van der Waals surface area (Å²) in [6.07, 6.45) is 1.78. The van der Waals surface area contributed by atoms with Crippen molar-refractivity contribution >= 4 is 32.8 Å². The standard InChI is InChI=1S/C10H8BrNO2/c11-8-2-1-3-9-7(8)4-5-12(9)6-10(13)14/h1-5H,6H2,(H,13,14). The van der Waals surface area contributed by atoms with Crippen LogP contribution in [-0.4, -0.2) is 15.6 Å². The second-order valence-corrected chi connectivity index (χ2v) is 3.86. The van der Waals surface area contributed by atoms with E-state index in [4.69, 9.17) is 5.11 Å². The van der Waals surface area contributed by atoms with Crippen molar-refractivity contribution in [1.29, 1.82) is 0 Å². The van der Waals surface area contributed by atoms with E-state index in [1.165, 1.54) is 0 Å². The summed E-state index contributed by atoms with van der Waals surface area (Å²) in [7, 11) is 0. The van der Waals surface area contributed by atoms with Gasteiger partial charge in [-0.05, 0) is 18.2 Å². The first-order valence-corrected chi connectivity index (χ1v) is 4.93. The summed E-state index contributed by atoms with van der Waals surface area (Å²) in [5, 5.41) is 9.72. The summed E-state index contributed by atoms with van der Waals surface area (Å²) in [5.41, 5.74) is 0.932. The van der Waals surface area contributed by atoms with Gasteiger partial charge >= 0.3 is 5.97 Å². The number of hydrogen-bond donors (Lipinski definition) is 1. The van der Waals surface area contributed by atoms with E-state index in [1.54, 1.807) is 10.8 Å². The van der Waals surface area contributed by atoms with Crippen LogP contribution in [0.3, 0.4) is 0 Å². The van der Waals surface area contributed by atoms with Crippen molar-refractivity contribution < 1.29 is 9.90 Å². The molecular formula is C10H8BrNO2. The summed E-state index contributed by atoms with van der Waals surface area (Å²) in [5.74, 6) is -0.831. The number of carboxylic acids is 1. The normalized spacial score (nSPS) is 10.6. The SMILES string of the molecule is O=C(O)Cn1ccc2c(Br)cccc21. The van der Waals surface area contributed by atoms with Crippen LogP contribution in [0.15, 0.2) is 34.9 Å². The average molecular weight is 254 g/mol. The molecule has 0 spiro atoms. The van der Waals surface area contributed by atoms with Gasteiger partial charge < -0.3 is 9.67 Å². The summed E-state index contributed by atoms with van der Waals surface area (Å²) in [6.45, 7) is -0.0000463. The van der Waals surface area contributed by atoms with E-state index in [2.05, 4.69) is 15.9 Å². The molecule has 1 heterocycles. The Labute approximate surface area is 89.1 Å². The number of aliphatic carboxylic acids is 1. The molecule has 0 atom stereocenters. The Morgan fingerprint density at radius 3 is 2.93 bits per heavy atom. The Morgan fingerprint density at radius 2 is 2.21 bits per heavy atom. The maximum Gasteiger partial charge on any atom is 0.323 e. The third-order valence-corrected chi connectivity index (χ3v) is 2.76. The lowest BCUT2D eigenvalue weighted by Gasteiger charge is -2.01. The highest BCUT2D eigenvalue weighted by atomic mass is 79.9. The average Bonchev–Trinajstić information content (AvgIpc) is 2.49. The van der Waals surface area contributed by atoms with Crippen molar-refractivity contribution in [2.24, 2.45) is 0 Å². The molecule has 0 saturated carbocycles. The maximum atomic E-state index is 10.6. The van der Waals surface area contributed by atoms with Crippen LogP contribution in [0.25, 0.3) is 10.9 Å². The molecule has 0 amide bonds. The van der Waals surface area contributed by atoms with Gasteiger partial charge in [0.15, 0.2) is 0 Å². The molecule has 1 aromatic heterocycles. The van der Waals surface area contributed by atoms with Crippen molar-refractivity contribution in [2.75, 3.05) is 0 Å². The number of benzene rings is 1. The zero-order valence-corrected chi connectivity index (χ0v) is 8.86. The molecular weight excluding hydrogens is 246 g/mol. The number of nitrogens with zero attached hydrogens (tertiary/aromatic N) is 1. The molecule has 4 heteroatoms. The van der Waals surface area contributed by atoms with E-state index in [0.29, 0.717) is 0 Å². The number of aromatic nitrogens is 1. The first-order chi connectivity index (χ1) is 6.68. The lowest BCUT2D eigenvalue weighted by Crippen LogP contribution is -2.06. The van der Waals surface area contributed by atoms with Crippen molar-refractivity contribution in [2.45, 2.75) is 6.54 Å². The fourth-order valence-corrected chi connectivity index (χ4v) is 1.96. The Morgan fingerprint density at radius 1 is 1.43 bits per heavy atom. The number of carbonyl (C=O) groups is 1. The summed E-state index contributed by atoms with van der Waals surface area (Å²) >= 11 is 3.42. The van der Waals surface area contributed by atoms with Crippen LogP contribution in [0.5, 0.6) is 0 Å². The molecule has 2 rings (SSSR count). The highest BCUT2D eigenvalue weighted by Gasteiger charge is 2.05. The molecule has 72 valence electrons. The molecule has 0 saturated heterocycles. The van der Waals surface area contributed by atoms with Crippen molar-refractivity contribution in [3.8, 4) is 0 Å². The van der Waals surface area contributed by atoms with Gasteiger partial charge in [0, 0.05) is 21.6 Å². The number of fused-ring (bicyclic) bond motifs is 1. The molecule has 0 aliphatic carbocycles. The molecule has 1 N–H and O–H groups in total. The predicted molar refractivity (Wildman–Crippen MR) is 57.3 cm³/mol. The van der Waals surface area contributed by atoms with Gasteiger partial charge in [0.2, 0.25) is 0 Å². The monoisotopic (exact) mass is 253 g/mol. The molecule has 0 unspecified atom stereocenters. The number of hydrogen-bond acceptors (Lipinski definition) is 1. The largest absolute Gasteiger partial charge is 0.480 e. The number of halogens is 1. The van der Waals surface area contributed by atoms with Crippen LogP contribution in [0.1, 0.15) is 0 Å². The zero-order valence-electron chi connectivity index (χ0n) is 7.27. The van der Waals surface area contributed by atoms with Crippen LogP contribution >= 0.6 is 15.9 Å². The molecule has 3 nitrogen and oxygen atoms in total. The van der Waals surface area contributed by atoms with Gasteiger partial charge in [0.1, 0.15) is 6.54 Å². The third-order valence-electron chi connectivity index (χ3n) is 2.07. The molecule has 14 heavy (non-hydrogen) atoms. The van der Waals surface area contributed by atoms with Gasteiger partial charge in [-0.1, -0.05) is 22.0 Å². The van der Waals surface area contributed by atoms with Gasteiger partial charge in [-0.25, -0.2) is 0 Å². The van der Waals surface area contributed by atoms with E-state index < -0.39 is 5.97 Å². The molecule has 1 aromatic carbocycles. The van der Waals surface area contributed by atoms with Gasteiger partial charge in [0.05, 0.1) is 0 Å².